The molecule has 4 aromatic rings. The third-order valence-electron chi connectivity index (χ3n) is 9.10. The number of carboxylic acids is 1. The number of para-hydroxylation sites is 1. The lowest BCUT2D eigenvalue weighted by Crippen LogP contribution is -2.48. The second-order valence-electron chi connectivity index (χ2n) is 12.5. The Balaban J connectivity index is 1.11. The zero-order chi connectivity index (χ0) is 32.8. The highest BCUT2D eigenvalue weighted by molar-refractivity contribution is 5.68. The van der Waals surface area contributed by atoms with E-state index in [2.05, 4.69) is 33.2 Å². The van der Waals surface area contributed by atoms with Gasteiger partial charge < -0.3 is 28.6 Å². The summed E-state index contributed by atoms with van der Waals surface area (Å²) >= 11 is 0. The van der Waals surface area contributed by atoms with Crippen LogP contribution in [0.25, 0.3) is 0 Å². The average Bonchev–Trinajstić information content (AvgIpc) is 3.48. The average molecular weight is 638 g/mol. The van der Waals surface area contributed by atoms with E-state index in [0.29, 0.717) is 29.8 Å². The Morgan fingerprint density at radius 2 is 1.83 bits per heavy atom. The second-order valence-corrected chi connectivity index (χ2v) is 12.5. The molecule has 0 amide bonds. The topological polar surface area (TPSA) is 95.3 Å². The van der Waals surface area contributed by atoms with Crippen molar-refractivity contribution in [2.24, 2.45) is 11.8 Å². The predicted molar refractivity (Wildman–Crippen MR) is 179 cm³/mol. The number of piperidine rings is 1. The molecule has 0 bridgehead atoms. The molecule has 0 unspecified atom stereocenters. The van der Waals surface area contributed by atoms with Gasteiger partial charge in [0.1, 0.15) is 35.4 Å². The molecule has 2 saturated heterocycles. The Kier molecular flexibility index (Phi) is 10.2. The third kappa shape index (κ3) is 8.22. The molecule has 1 N–H and O–H groups in total. The van der Waals surface area contributed by atoms with E-state index in [-0.39, 0.29) is 18.1 Å². The monoisotopic (exact) mass is 637 g/mol. The molecule has 2 aliphatic heterocycles. The zero-order valence-corrected chi connectivity index (χ0v) is 27.1. The summed E-state index contributed by atoms with van der Waals surface area (Å²) in [5, 5.41) is 9.33. The van der Waals surface area contributed by atoms with Crippen LogP contribution in [0.15, 0.2) is 97.3 Å². The number of nitrogens with zero attached hydrogens (tertiary/aromatic N) is 3. The number of ether oxygens (including phenoxy) is 4. The number of aryl methyl sites for hydroxylation is 1. The van der Waals surface area contributed by atoms with Gasteiger partial charge in [0.25, 0.3) is 0 Å². The largest absolute Gasteiger partial charge is 0.492 e. The van der Waals surface area contributed by atoms with E-state index in [1.54, 1.807) is 18.3 Å². The van der Waals surface area contributed by atoms with Crippen molar-refractivity contribution in [3.05, 3.63) is 114 Å². The molecule has 0 aliphatic carbocycles. The molecule has 0 saturated carbocycles. The molecule has 3 aromatic carbocycles. The highest BCUT2D eigenvalue weighted by Crippen LogP contribution is 2.48. The van der Waals surface area contributed by atoms with Crippen molar-refractivity contribution in [2.45, 2.75) is 52.0 Å². The summed E-state index contributed by atoms with van der Waals surface area (Å²) in [7, 11) is 0. The van der Waals surface area contributed by atoms with Crippen LogP contribution in [0.5, 0.6) is 23.0 Å². The van der Waals surface area contributed by atoms with E-state index < -0.39 is 12.6 Å². The molecule has 9 nitrogen and oxygen atoms in total. The number of fused-ring (bicyclic) bond motifs is 1. The fraction of sp³-hybridized carbons (Fsp3) is 0.368. The number of aromatic nitrogens is 2. The predicted octanol–water partition coefficient (Wildman–Crippen LogP) is 7.07. The Hall–Kier alpha value is -4.60. The van der Waals surface area contributed by atoms with Gasteiger partial charge in [0.05, 0.1) is 18.8 Å². The lowest BCUT2D eigenvalue weighted by atomic mass is 9.76. The van der Waals surface area contributed by atoms with Crippen molar-refractivity contribution in [2.75, 3.05) is 26.3 Å². The van der Waals surface area contributed by atoms with Crippen molar-refractivity contribution in [3.63, 3.8) is 0 Å². The van der Waals surface area contributed by atoms with Crippen LogP contribution in [0, 0.1) is 18.8 Å². The maximum absolute atomic E-state index is 11.4. The molecule has 6 rings (SSSR count). The quantitative estimate of drug-likeness (QED) is 0.156. The minimum Gasteiger partial charge on any atom is -0.492 e. The number of rotatable bonds is 13. The Morgan fingerprint density at radius 3 is 2.55 bits per heavy atom. The summed E-state index contributed by atoms with van der Waals surface area (Å²) in [5.41, 5.74) is 3.07. The number of carbonyl (C=O) groups is 1. The van der Waals surface area contributed by atoms with Crippen molar-refractivity contribution in [1.29, 1.82) is 0 Å². The summed E-state index contributed by atoms with van der Waals surface area (Å²) in [6, 6.07) is 23.5. The fourth-order valence-corrected chi connectivity index (χ4v) is 6.68. The van der Waals surface area contributed by atoms with Gasteiger partial charge in [-0.25, -0.2) is 9.78 Å². The van der Waals surface area contributed by atoms with Crippen molar-refractivity contribution in [3.8, 4) is 23.0 Å². The maximum atomic E-state index is 11.4. The van der Waals surface area contributed by atoms with Crippen molar-refractivity contribution in [1.82, 2.24) is 14.5 Å². The summed E-state index contributed by atoms with van der Waals surface area (Å²) in [6.45, 7) is 12.0. The van der Waals surface area contributed by atoms with Crippen LogP contribution in [0.2, 0.25) is 0 Å². The van der Waals surface area contributed by atoms with Crippen molar-refractivity contribution >= 4 is 5.97 Å². The van der Waals surface area contributed by atoms with E-state index in [0.717, 1.165) is 61.7 Å². The van der Waals surface area contributed by atoms with Crippen LogP contribution in [0.1, 0.15) is 42.8 Å². The first-order valence-corrected chi connectivity index (χ1v) is 16.3. The van der Waals surface area contributed by atoms with Gasteiger partial charge in [0, 0.05) is 43.5 Å². The van der Waals surface area contributed by atoms with Gasteiger partial charge in [-0.15, -0.1) is 0 Å². The molecule has 9 heteroatoms. The molecule has 47 heavy (non-hydrogen) atoms. The van der Waals surface area contributed by atoms with Gasteiger partial charge in [0.15, 0.2) is 6.61 Å². The van der Waals surface area contributed by atoms with Crippen molar-refractivity contribution < 1.29 is 28.8 Å². The van der Waals surface area contributed by atoms with E-state index in [9.17, 15) is 9.90 Å². The van der Waals surface area contributed by atoms with Crippen LogP contribution in [0.3, 0.4) is 0 Å². The lowest BCUT2D eigenvalue weighted by molar-refractivity contribution is -0.140. The minimum absolute atomic E-state index is 0.0397. The standard InChI is InChI=1S/C38H43N3O6/c1-26(2)33-21-29-24-40(23-28-9-11-30(12-10-28)44-20-19-41-18-16-39-27(41)3)17-15-35(29)47-38(33)34-22-32(46-31-7-5-4-6-8-31)13-14-36(34)45-25-37(42)43/h4-14,16,18,22,29,33,35,38H,1,15,17,19-21,23-25H2,2-3H3,(H,42,43)/t29-,33-,35+,38+/m1/s1. The van der Waals surface area contributed by atoms with Gasteiger partial charge in [0.2, 0.25) is 0 Å². The van der Waals surface area contributed by atoms with E-state index in [1.165, 1.54) is 5.56 Å². The number of hydrogen-bond donors (Lipinski definition) is 1. The van der Waals surface area contributed by atoms with Crippen LogP contribution in [0.4, 0.5) is 0 Å². The number of benzene rings is 3. The summed E-state index contributed by atoms with van der Waals surface area (Å²) in [5.74, 6) is 3.06. The van der Waals surface area contributed by atoms with Crippen LogP contribution >= 0.6 is 0 Å². The summed E-state index contributed by atoms with van der Waals surface area (Å²) in [6.07, 6.45) is 5.35. The smallest absolute Gasteiger partial charge is 0.341 e. The molecular formula is C38H43N3O6. The van der Waals surface area contributed by atoms with Crippen LogP contribution in [-0.4, -0.2) is 57.9 Å². The molecule has 2 aliphatic rings. The number of imidazole rings is 1. The molecule has 0 radical (unpaired) electrons. The Bertz CT molecular complexity index is 1650. The molecular weight excluding hydrogens is 594 g/mol. The molecule has 3 heterocycles. The number of carboxylic acid groups (broad SMARTS) is 1. The van der Waals surface area contributed by atoms with Gasteiger partial charge in [-0.1, -0.05) is 42.5 Å². The number of aliphatic carboxylic acids is 1. The van der Waals surface area contributed by atoms with E-state index in [4.69, 9.17) is 18.9 Å². The van der Waals surface area contributed by atoms with Gasteiger partial charge in [-0.3, -0.25) is 4.90 Å². The molecule has 246 valence electrons. The van der Waals surface area contributed by atoms with E-state index >= 15 is 0 Å². The maximum Gasteiger partial charge on any atom is 0.341 e. The lowest BCUT2D eigenvalue weighted by Gasteiger charge is -2.47. The normalized spacial score (nSPS) is 21.1. The molecule has 4 atom stereocenters. The zero-order valence-electron chi connectivity index (χ0n) is 27.1. The van der Waals surface area contributed by atoms with Crippen LogP contribution < -0.4 is 14.2 Å². The molecule has 1 aromatic heterocycles. The van der Waals surface area contributed by atoms with Gasteiger partial charge in [-0.05, 0) is 80.6 Å². The summed E-state index contributed by atoms with van der Waals surface area (Å²) < 4.78 is 26.9. The van der Waals surface area contributed by atoms with Crippen LogP contribution in [-0.2, 0) is 22.6 Å². The fourth-order valence-electron chi connectivity index (χ4n) is 6.68. The summed E-state index contributed by atoms with van der Waals surface area (Å²) in [4.78, 5) is 18.2. The second kappa shape index (κ2) is 14.9. The molecule has 0 spiro atoms. The first kappa shape index (κ1) is 32.3. The number of likely N-dealkylation sites (tertiary alicyclic amines) is 1. The Morgan fingerprint density at radius 1 is 1.04 bits per heavy atom. The van der Waals surface area contributed by atoms with Gasteiger partial charge in [-0.2, -0.15) is 0 Å². The highest BCUT2D eigenvalue weighted by atomic mass is 16.5. The first-order valence-electron chi connectivity index (χ1n) is 16.3. The molecule has 2 fully saturated rings. The highest BCUT2D eigenvalue weighted by Gasteiger charge is 2.42. The van der Waals surface area contributed by atoms with E-state index in [1.807, 2.05) is 68.6 Å². The van der Waals surface area contributed by atoms with Gasteiger partial charge >= 0.3 is 5.97 Å². The number of hydrogen-bond acceptors (Lipinski definition) is 7. The SMILES string of the molecule is C=C(C)[C@H]1C[C@@H]2CN(Cc3ccc(OCCn4ccnc4C)cc3)CC[C@@H]2O[C@@H]1c1cc(Oc2ccccc2)ccc1OCC(=O)O. The minimum atomic E-state index is -1.03. The third-order valence-corrected chi connectivity index (χ3v) is 9.10. The first-order chi connectivity index (χ1) is 22.8. The Labute approximate surface area is 276 Å².